The molecule has 2 aliphatic rings. The number of nitrogens with one attached hydrogen (secondary N) is 3. The summed E-state index contributed by atoms with van der Waals surface area (Å²) >= 11 is 0. The van der Waals surface area contributed by atoms with Gasteiger partial charge in [0.15, 0.2) is 0 Å². The average molecular weight is 306 g/mol. The van der Waals surface area contributed by atoms with Crippen LogP contribution in [0.4, 0.5) is 4.39 Å². The molecule has 22 heavy (non-hydrogen) atoms. The lowest BCUT2D eigenvalue weighted by Crippen LogP contribution is -2.33. The van der Waals surface area contributed by atoms with Crippen LogP contribution in [0.2, 0.25) is 0 Å². The van der Waals surface area contributed by atoms with Crippen LogP contribution in [0.5, 0.6) is 0 Å². The van der Waals surface area contributed by atoms with Gasteiger partial charge >= 0.3 is 0 Å². The molecule has 0 spiro atoms. The Labute approximate surface area is 132 Å². The predicted molar refractivity (Wildman–Crippen MR) is 86.9 cm³/mol. The summed E-state index contributed by atoms with van der Waals surface area (Å²) in [5, 5.41) is 3.61. The van der Waals surface area contributed by atoms with Crippen molar-refractivity contribution in [2.75, 3.05) is 33.2 Å². The number of rotatable bonds is 6. The van der Waals surface area contributed by atoms with E-state index >= 15 is 0 Å². The fourth-order valence-corrected chi connectivity index (χ4v) is 3.65. The van der Waals surface area contributed by atoms with Crippen molar-refractivity contribution in [2.45, 2.75) is 31.3 Å². The quantitative estimate of drug-likeness (QED) is 0.699. The number of likely N-dealkylation sites (tertiary alicyclic amines) is 1. The van der Waals surface area contributed by atoms with Gasteiger partial charge in [-0.05, 0) is 57.1 Å². The minimum atomic E-state index is -0.176. The molecule has 2 heterocycles. The summed E-state index contributed by atoms with van der Waals surface area (Å²) in [5.41, 5.74) is 7.69. The molecular weight excluding hydrogens is 279 g/mol. The van der Waals surface area contributed by atoms with E-state index in [0.717, 1.165) is 31.2 Å². The average Bonchev–Trinajstić information content (AvgIpc) is 3.14. The molecule has 2 fully saturated rings. The number of hydrogen-bond acceptors (Lipinski definition) is 4. The van der Waals surface area contributed by atoms with Gasteiger partial charge in [0, 0.05) is 25.0 Å². The molecule has 3 N–H and O–H groups in total. The summed E-state index contributed by atoms with van der Waals surface area (Å²) in [7, 11) is 2.23. The molecule has 2 aliphatic heterocycles. The molecule has 3 atom stereocenters. The van der Waals surface area contributed by atoms with Crippen LogP contribution < -0.4 is 16.2 Å². The minimum Gasteiger partial charge on any atom is -0.316 e. The highest BCUT2D eigenvalue weighted by atomic mass is 19.1. The molecule has 0 radical (unpaired) electrons. The third kappa shape index (κ3) is 3.84. The zero-order valence-corrected chi connectivity index (χ0v) is 13.3. The highest BCUT2D eigenvalue weighted by Gasteiger charge is 2.28. The number of hydrazine groups is 1. The van der Waals surface area contributed by atoms with E-state index < -0.39 is 0 Å². The maximum absolute atomic E-state index is 13.0. The first kappa shape index (κ1) is 15.9. The Balaban J connectivity index is 1.44. The molecule has 5 heteroatoms. The predicted octanol–water partition coefficient (Wildman–Crippen LogP) is 1.66. The summed E-state index contributed by atoms with van der Waals surface area (Å²) < 4.78 is 13.0. The Bertz CT molecular complexity index is 464. The minimum absolute atomic E-state index is 0.176. The van der Waals surface area contributed by atoms with Crippen LogP contribution in [-0.2, 0) is 0 Å². The summed E-state index contributed by atoms with van der Waals surface area (Å²) in [6.07, 6.45) is 3.90. The van der Waals surface area contributed by atoms with Crippen LogP contribution in [0.25, 0.3) is 0 Å². The summed E-state index contributed by atoms with van der Waals surface area (Å²) in [6.45, 7) is 4.24. The lowest BCUT2D eigenvalue weighted by molar-refractivity contribution is 0.291. The van der Waals surface area contributed by atoms with Gasteiger partial charge in [-0.2, -0.15) is 0 Å². The third-order valence-corrected chi connectivity index (χ3v) is 5.05. The van der Waals surface area contributed by atoms with Crippen LogP contribution >= 0.6 is 0 Å². The monoisotopic (exact) mass is 306 g/mol. The summed E-state index contributed by atoms with van der Waals surface area (Å²) in [5.74, 6) is 0.317. The van der Waals surface area contributed by atoms with E-state index in [9.17, 15) is 4.39 Å². The molecular formula is C17H27FN4. The van der Waals surface area contributed by atoms with E-state index in [-0.39, 0.29) is 11.9 Å². The Hall–Kier alpha value is -1.01. The van der Waals surface area contributed by atoms with Crippen molar-refractivity contribution in [3.8, 4) is 0 Å². The normalized spacial score (nSPS) is 29.3. The van der Waals surface area contributed by atoms with E-state index in [1.54, 1.807) is 0 Å². The second-order valence-corrected chi connectivity index (χ2v) is 6.58. The molecule has 122 valence electrons. The van der Waals surface area contributed by atoms with E-state index in [1.807, 2.05) is 12.1 Å². The standard InChI is InChI=1S/C17H27FN4/c1-22-10-2-3-16(22)8-9-19-11-14-12-20-21-17(14)13-4-6-15(18)7-5-13/h4-7,14,16-17,19-21H,2-3,8-12H2,1H3. The van der Waals surface area contributed by atoms with Crippen molar-refractivity contribution in [2.24, 2.45) is 5.92 Å². The highest BCUT2D eigenvalue weighted by Crippen LogP contribution is 2.24. The van der Waals surface area contributed by atoms with Crippen LogP contribution in [0.1, 0.15) is 30.9 Å². The van der Waals surface area contributed by atoms with E-state index in [1.165, 1.54) is 37.9 Å². The molecule has 0 bridgehead atoms. The van der Waals surface area contributed by atoms with Crippen LogP contribution in [-0.4, -0.2) is 44.2 Å². The van der Waals surface area contributed by atoms with Gasteiger partial charge in [-0.15, -0.1) is 0 Å². The van der Waals surface area contributed by atoms with Gasteiger partial charge < -0.3 is 10.2 Å². The van der Waals surface area contributed by atoms with Crippen molar-refractivity contribution in [3.63, 3.8) is 0 Å². The van der Waals surface area contributed by atoms with Gasteiger partial charge in [-0.1, -0.05) is 12.1 Å². The molecule has 2 saturated heterocycles. The first-order valence-corrected chi connectivity index (χ1v) is 8.39. The highest BCUT2D eigenvalue weighted by molar-refractivity contribution is 5.21. The van der Waals surface area contributed by atoms with Gasteiger partial charge in [0.25, 0.3) is 0 Å². The van der Waals surface area contributed by atoms with Crippen molar-refractivity contribution < 1.29 is 4.39 Å². The molecule has 4 nitrogen and oxygen atoms in total. The number of hydrogen-bond donors (Lipinski definition) is 3. The SMILES string of the molecule is CN1CCCC1CCNCC1CNNC1c1ccc(F)cc1. The van der Waals surface area contributed by atoms with Gasteiger partial charge in [-0.25, -0.2) is 9.82 Å². The third-order valence-electron chi connectivity index (χ3n) is 5.05. The van der Waals surface area contributed by atoms with Crippen molar-refractivity contribution in [1.29, 1.82) is 0 Å². The fourth-order valence-electron chi connectivity index (χ4n) is 3.65. The first-order chi connectivity index (χ1) is 10.7. The smallest absolute Gasteiger partial charge is 0.123 e. The molecule has 3 unspecified atom stereocenters. The second-order valence-electron chi connectivity index (χ2n) is 6.58. The van der Waals surface area contributed by atoms with Crippen molar-refractivity contribution in [1.82, 2.24) is 21.1 Å². The number of halogens is 1. The van der Waals surface area contributed by atoms with Crippen LogP contribution in [0.3, 0.4) is 0 Å². The lowest BCUT2D eigenvalue weighted by Gasteiger charge is -2.22. The zero-order valence-electron chi connectivity index (χ0n) is 13.3. The fraction of sp³-hybridized carbons (Fsp3) is 0.647. The van der Waals surface area contributed by atoms with E-state index in [2.05, 4.69) is 28.1 Å². The number of nitrogens with zero attached hydrogens (tertiary/aromatic N) is 1. The molecule has 0 amide bonds. The molecule has 1 aromatic carbocycles. The molecule has 1 aromatic rings. The largest absolute Gasteiger partial charge is 0.316 e. The van der Waals surface area contributed by atoms with Crippen LogP contribution in [0, 0.1) is 11.7 Å². The Morgan fingerprint density at radius 2 is 2.14 bits per heavy atom. The molecule has 0 aliphatic carbocycles. The maximum Gasteiger partial charge on any atom is 0.123 e. The van der Waals surface area contributed by atoms with Crippen LogP contribution in [0.15, 0.2) is 24.3 Å². The topological polar surface area (TPSA) is 39.3 Å². The van der Waals surface area contributed by atoms with Gasteiger partial charge in [0.05, 0.1) is 6.04 Å². The van der Waals surface area contributed by atoms with Crippen molar-refractivity contribution in [3.05, 3.63) is 35.6 Å². The Morgan fingerprint density at radius 1 is 1.32 bits per heavy atom. The van der Waals surface area contributed by atoms with E-state index in [4.69, 9.17) is 0 Å². The Kier molecular flexibility index (Phi) is 5.41. The summed E-state index contributed by atoms with van der Waals surface area (Å²) in [4.78, 5) is 2.47. The summed E-state index contributed by atoms with van der Waals surface area (Å²) in [6, 6.07) is 7.83. The van der Waals surface area contributed by atoms with E-state index in [0.29, 0.717) is 5.92 Å². The number of benzene rings is 1. The molecule has 3 rings (SSSR count). The van der Waals surface area contributed by atoms with Gasteiger partial charge in [0.1, 0.15) is 5.82 Å². The molecule has 0 saturated carbocycles. The lowest BCUT2D eigenvalue weighted by atomic mass is 9.95. The Morgan fingerprint density at radius 3 is 2.86 bits per heavy atom. The first-order valence-electron chi connectivity index (χ1n) is 8.39. The second kappa shape index (κ2) is 7.51. The van der Waals surface area contributed by atoms with Crippen molar-refractivity contribution >= 4 is 0 Å². The zero-order chi connectivity index (χ0) is 15.4. The molecule has 0 aromatic heterocycles. The van der Waals surface area contributed by atoms with Gasteiger partial charge in [-0.3, -0.25) is 5.43 Å². The maximum atomic E-state index is 13.0. The van der Waals surface area contributed by atoms with Gasteiger partial charge in [0.2, 0.25) is 0 Å².